The lowest BCUT2D eigenvalue weighted by Crippen LogP contribution is -2.37. The summed E-state index contributed by atoms with van der Waals surface area (Å²) in [6, 6.07) is 8.36. The first-order chi connectivity index (χ1) is 16.6. The number of Topliss-reactive ketones (excluding diaryl/α,β-unsaturated/α-hetero) is 1. The molecular formula is C25H29N7O2. The molecule has 2 aromatic heterocycles. The summed E-state index contributed by atoms with van der Waals surface area (Å²) in [6.07, 6.45) is 7.18. The number of nitrogens with two attached hydrogens (primary N) is 2. The average Bonchev–Trinajstić information content (AvgIpc) is 2.89. The maximum atomic E-state index is 13.3. The van der Waals surface area contributed by atoms with Crippen LogP contribution in [-0.4, -0.2) is 59.6 Å². The van der Waals surface area contributed by atoms with Crippen LogP contribution in [0.2, 0.25) is 0 Å². The molecule has 9 heteroatoms. The molecule has 2 aliphatic heterocycles. The predicted molar refractivity (Wildman–Crippen MR) is 132 cm³/mol. The third kappa shape index (κ3) is 4.57. The minimum atomic E-state index is -0.181. The summed E-state index contributed by atoms with van der Waals surface area (Å²) < 4.78 is 5.46. The van der Waals surface area contributed by atoms with Gasteiger partial charge >= 0.3 is 0 Å². The number of morpholine rings is 1. The lowest BCUT2D eigenvalue weighted by molar-refractivity contribution is 0.0988. The van der Waals surface area contributed by atoms with Crippen molar-refractivity contribution in [3.8, 4) is 11.3 Å². The van der Waals surface area contributed by atoms with Crippen LogP contribution in [0.15, 0.2) is 42.9 Å². The molecule has 9 nitrogen and oxygen atoms in total. The van der Waals surface area contributed by atoms with Gasteiger partial charge in [0.1, 0.15) is 5.69 Å². The molecule has 3 aromatic rings. The minimum Gasteiger partial charge on any atom is -0.382 e. The molecule has 0 aliphatic carbocycles. The van der Waals surface area contributed by atoms with Crippen molar-refractivity contribution in [2.45, 2.75) is 25.3 Å². The van der Waals surface area contributed by atoms with Crippen molar-refractivity contribution in [1.29, 1.82) is 0 Å². The van der Waals surface area contributed by atoms with Crippen molar-refractivity contribution in [3.63, 3.8) is 0 Å². The van der Waals surface area contributed by atoms with Crippen molar-refractivity contribution < 1.29 is 9.53 Å². The van der Waals surface area contributed by atoms with Crippen LogP contribution in [0, 0.1) is 0 Å². The highest BCUT2D eigenvalue weighted by Gasteiger charge is 2.21. The van der Waals surface area contributed by atoms with Gasteiger partial charge in [0.25, 0.3) is 0 Å². The molecule has 34 heavy (non-hydrogen) atoms. The van der Waals surface area contributed by atoms with Gasteiger partial charge in [0, 0.05) is 67.0 Å². The first-order valence-electron chi connectivity index (χ1n) is 11.6. The number of rotatable bonds is 6. The number of fused-ring (bicyclic) bond motifs is 1. The molecule has 176 valence electrons. The Labute approximate surface area is 198 Å². The summed E-state index contributed by atoms with van der Waals surface area (Å²) in [5.74, 6) is -0.0456. The van der Waals surface area contributed by atoms with E-state index in [1.54, 1.807) is 18.6 Å². The normalized spacial score (nSPS) is 17.7. The Morgan fingerprint density at radius 2 is 2.06 bits per heavy atom. The first-order valence-corrected chi connectivity index (χ1v) is 11.6. The number of ether oxygens (including phenoxy) is 1. The fourth-order valence-corrected chi connectivity index (χ4v) is 4.57. The Morgan fingerprint density at radius 3 is 2.88 bits per heavy atom. The minimum absolute atomic E-state index is 0.135. The van der Waals surface area contributed by atoms with Gasteiger partial charge < -0.3 is 26.4 Å². The van der Waals surface area contributed by atoms with Crippen molar-refractivity contribution in [3.05, 3.63) is 59.7 Å². The molecule has 0 saturated carbocycles. The van der Waals surface area contributed by atoms with E-state index in [9.17, 15) is 4.79 Å². The zero-order valence-corrected chi connectivity index (χ0v) is 19.0. The van der Waals surface area contributed by atoms with Gasteiger partial charge in [0.2, 0.25) is 0 Å². The van der Waals surface area contributed by atoms with E-state index < -0.39 is 0 Å². The molecule has 5 N–H and O–H groups in total. The number of nitrogens with one attached hydrogen (secondary N) is 1. The van der Waals surface area contributed by atoms with E-state index in [2.05, 4.69) is 31.2 Å². The van der Waals surface area contributed by atoms with E-state index in [0.29, 0.717) is 31.5 Å². The Morgan fingerprint density at radius 1 is 1.21 bits per heavy atom. The van der Waals surface area contributed by atoms with E-state index >= 15 is 0 Å². The second-order valence-corrected chi connectivity index (χ2v) is 8.68. The van der Waals surface area contributed by atoms with Gasteiger partial charge in [-0.1, -0.05) is 6.07 Å². The van der Waals surface area contributed by atoms with E-state index in [1.165, 1.54) is 5.56 Å². The second-order valence-electron chi connectivity index (χ2n) is 8.68. The van der Waals surface area contributed by atoms with Crippen LogP contribution in [-0.2, 0) is 17.6 Å². The Kier molecular flexibility index (Phi) is 6.37. The van der Waals surface area contributed by atoms with Crippen LogP contribution >= 0.6 is 0 Å². The largest absolute Gasteiger partial charge is 0.382 e. The lowest BCUT2D eigenvalue weighted by Gasteiger charge is -2.30. The predicted octanol–water partition coefficient (Wildman–Crippen LogP) is 2.07. The average molecular weight is 460 g/mol. The molecule has 1 unspecified atom stereocenters. The number of anilines is 3. The van der Waals surface area contributed by atoms with Gasteiger partial charge in [-0.25, -0.2) is 9.97 Å². The van der Waals surface area contributed by atoms with Crippen molar-refractivity contribution >= 4 is 23.0 Å². The number of benzene rings is 1. The van der Waals surface area contributed by atoms with Gasteiger partial charge in [-0.3, -0.25) is 9.78 Å². The van der Waals surface area contributed by atoms with Crippen LogP contribution < -0.4 is 21.7 Å². The van der Waals surface area contributed by atoms with E-state index in [1.807, 2.05) is 18.2 Å². The maximum Gasteiger partial charge on any atom is 0.189 e. The number of nitrogens with zero attached hydrogens (tertiary/aromatic N) is 4. The number of carbonyl (C=O) groups is 1. The molecule has 2 aliphatic rings. The summed E-state index contributed by atoms with van der Waals surface area (Å²) >= 11 is 0. The highest BCUT2D eigenvalue weighted by molar-refractivity contribution is 6.00. The summed E-state index contributed by atoms with van der Waals surface area (Å²) in [5, 5.41) is 3.47. The van der Waals surface area contributed by atoms with E-state index in [0.717, 1.165) is 48.4 Å². The molecular weight excluding hydrogens is 430 g/mol. The number of hydrogen-bond acceptors (Lipinski definition) is 9. The molecule has 1 saturated heterocycles. The molecule has 5 rings (SSSR count). The van der Waals surface area contributed by atoms with Gasteiger partial charge in [-0.2, -0.15) is 0 Å². The van der Waals surface area contributed by atoms with Gasteiger partial charge in [0.15, 0.2) is 11.6 Å². The highest BCUT2D eigenvalue weighted by Crippen LogP contribution is 2.30. The molecule has 0 amide bonds. The number of pyridine rings is 1. The molecule has 1 aromatic carbocycles. The summed E-state index contributed by atoms with van der Waals surface area (Å²) in [6.45, 7) is 3.50. The number of hydrogen-bond donors (Lipinski definition) is 3. The molecule has 1 atom stereocenters. The number of carbonyl (C=O) groups excluding carboxylic acids is 1. The van der Waals surface area contributed by atoms with Crippen LogP contribution in [0.4, 0.5) is 17.2 Å². The third-order valence-corrected chi connectivity index (χ3v) is 6.45. The number of ketones is 1. The molecule has 0 radical (unpaired) electrons. The van der Waals surface area contributed by atoms with Crippen LogP contribution in [0.25, 0.3) is 11.3 Å². The van der Waals surface area contributed by atoms with Crippen LogP contribution in [0.1, 0.15) is 28.0 Å². The Bertz CT molecular complexity index is 1190. The van der Waals surface area contributed by atoms with Crippen LogP contribution in [0.3, 0.4) is 0 Å². The summed E-state index contributed by atoms with van der Waals surface area (Å²) in [5.41, 5.74) is 17.8. The Hall–Kier alpha value is -3.56. The highest BCUT2D eigenvalue weighted by atomic mass is 16.5. The SMILES string of the molecule is NCC1CCc2cc(-c3cnc(N)c(C(=O)Cc4cnccc4N4CCOCC4)n3)ccc2N1. The third-order valence-electron chi connectivity index (χ3n) is 6.45. The molecule has 1 fully saturated rings. The maximum absolute atomic E-state index is 13.3. The second kappa shape index (κ2) is 9.74. The number of nitrogen functional groups attached to an aromatic ring is 1. The van der Waals surface area contributed by atoms with Crippen molar-refractivity contribution in [1.82, 2.24) is 15.0 Å². The summed E-state index contributed by atoms with van der Waals surface area (Å²) in [7, 11) is 0. The lowest BCUT2D eigenvalue weighted by atomic mass is 9.95. The van der Waals surface area contributed by atoms with Gasteiger partial charge in [-0.05, 0) is 36.6 Å². The topological polar surface area (TPSA) is 132 Å². The van der Waals surface area contributed by atoms with Crippen molar-refractivity contribution in [2.24, 2.45) is 5.73 Å². The van der Waals surface area contributed by atoms with Gasteiger partial charge in [-0.15, -0.1) is 0 Å². The zero-order chi connectivity index (χ0) is 23.5. The quantitative estimate of drug-likeness (QED) is 0.474. The summed E-state index contributed by atoms with van der Waals surface area (Å²) in [4.78, 5) is 28.7. The first kappa shape index (κ1) is 22.2. The van der Waals surface area contributed by atoms with E-state index in [4.69, 9.17) is 16.2 Å². The number of aromatic nitrogens is 3. The van der Waals surface area contributed by atoms with Gasteiger partial charge in [0.05, 0.1) is 25.1 Å². The van der Waals surface area contributed by atoms with Crippen LogP contribution in [0.5, 0.6) is 0 Å². The molecule has 4 heterocycles. The van der Waals surface area contributed by atoms with Crippen molar-refractivity contribution in [2.75, 3.05) is 48.8 Å². The fraction of sp³-hybridized carbons (Fsp3) is 0.360. The fourth-order valence-electron chi connectivity index (χ4n) is 4.57. The monoisotopic (exact) mass is 459 g/mol. The smallest absolute Gasteiger partial charge is 0.189 e. The number of aryl methyl sites for hydroxylation is 1. The zero-order valence-electron chi connectivity index (χ0n) is 19.0. The standard InChI is InChI=1S/C25H29N7O2/c26-13-19-3-1-16-11-17(2-4-20(16)30-19)21-15-29-25(27)24(31-21)23(33)12-18-14-28-6-5-22(18)32-7-9-34-10-8-32/h2,4-6,11,14-15,19,30H,1,3,7-10,12-13,26H2,(H2,27,29). The Balaban J connectivity index is 1.39. The molecule has 0 bridgehead atoms. The molecule has 0 spiro atoms. The van der Waals surface area contributed by atoms with E-state index in [-0.39, 0.29) is 23.7 Å².